The minimum atomic E-state index is -0.905. The third-order valence-electron chi connectivity index (χ3n) is 2.78. The largest absolute Gasteiger partial charge is 0.481 e. The molecule has 0 spiro atoms. The van der Waals surface area contributed by atoms with Gasteiger partial charge < -0.3 is 10.4 Å². The molecular weight excluding hydrogens is 249 g/mol. The van der Waals surface area contributed by atoms with Crippen LogP contribution >= 0.6 is 0 Å². The van der Waals surface area contributed by atoms with E-state index in [1.165, 1.54) is 0 Å². The zero-order chi connectivity index (χ0) is 14.4. The van der Waals surface area contributed by atoms with Crippen molar-refractivity contribution in [2.45, 2.75) is 39.7 Å². The van der Waals surface area contributed by atoms with E-state index >= 15 is 0 Å². The SMILES string of the molecule is Cc1cc(CNC(=O)CCCC(=O)O)cc(C)c1F. The number of carbonyl (C=O) groups is 2. The van der Waals surface area contributed by atoms with Gasteiger partial charge in [-0.25, -0.2) is 4.39 Å². The highest BCUT2D eigenvalue weighted by Gasteiger charge is 2.06. The van der Waals surface area contributed by atoms with E-state index in [1.807, 2.05) is 0 Å². The molecule has 0 aliphatic rings. The Bertz CT molecular complexity index is 463. The molecule has 0 fully saturated rings. The molecular formula is C14H18FNO3. The van der Waals surface area contributed by atoms with Crippen LogP contribution in [0.2, 0.25) is 0 Å². The van der Waals surface area contributed by atoms with Crippen LogP contribution in [0, 0.1) is 19.7 Å². The Balaban J connectivity index is 2.44. The molecule has 0 aromatic heterocycles. The molecule has 0 atom stereocenters. The maximum absolute atomic E-state index is 13.4. The van der Waals surface area contributed by atoms with Crippen LogP contribution in [0.3, 0.4) is 0 Å². The van der Waals surface area contributed by atoms with Gasteiger partial charge in [-0.3, -0.25) is 9.59 Å². The minimum absolute atomic E-state index is 0.0117. The number of hydrogen-bond donors (Lipinski definition) is 2. The number of carboxylic acids is 1. The molecule has 4 nitrogen and oxygen atoms in total. The van der Waals surface area contributed by atoms with Gasteiger partial charge in [0.15, 0.2) is 0 Å². The molecule has 0 saturated carbocycles. The second-order valence-corrected chi connectivity index (χ2v) is 4.57. The fourth-order valence-electron chi connectivity index (χ4n) is 1.83. The molecule has 0 unspecified atom stereocenters. The van der Waals surface area contributed by atoms with Gasteiger partial charge in [-0.15, -0.1) is 0 Å². The van der Waals surface area contributed by atoms with Gasteiger partial charge in [-0.05, 0) is 37.0 Å². The van der Waals surface area contributed by atoms with E-state index in [9.17, 15) is 14.0 Å². The summed E-state index contributed by atoms with van der Waals surface area (Å²) in [6.45, 7) is 3.69. The van der Waals surface area contributed by atoms with Crippen molar-refractivity contribution >= 4 is 11.9 Å². The van der Waals surface area contributed by atoms with Gasteiger partial charge in [0.25, 0.3) is 0 Å². The van der Waals surface area contributed by atoms with Gasteiger partial charge in [0.05, 0.1) is 0 Å². The smallest absolute Gasteiger partial charge is 0.303 e. The fraction of sp³-hybridized carbons (Fsp3) is 0.429. The quantitative estimate of drug-likeness (QED) is 0.831. The zero-order valence-corrected chi connectivity index (χ0v) is 11.1. The monoisotopic (exact) mass is 267 g/mol. The van der Waals surface area contributed by atoms with Crippen molar-refractivity contribution in [2.24, 2.45) is 0 Å². The lowest BCUT2D eigenvalue weighted by Crippen LogP contribution is -2.22. The number of hydrogen-bond acceptors (Lipinski definition) is 2. The second-order valence-electron chi connectivity index (χ2n) is 4.57. The molecule has 2 N–H and O–H groups in total. The zero-order valence-electron chi connectivity index (χ0n) is 11.1. The van der Waals surface area contributed by atoms with Crippen molar-refractivity contribution in [3.05, 3.63) is 34.6 Å². The summed E-state index contributed by atoms with van der Waals surface area (Å²) in [5, 5.41) is 11.1. The molecule has 0 bridgehead atoms. The molecule has 0 radical (unpaired) electrons. The van der Waals surface area contributed by atoms with E-state index in [1.54, 1.807) is 26.0 Å². The standard InChI is InChI=1S/C14H18FNO3/c1-9-6-11(7-10(2)14(9)15)8-16-12(17)4-3-5-13(18)19/h6-7H,3-5,8H2,1-2H3,(H,16,17)(H,18,19). The number of halogens is 1. The Labute approximate surface area is 111 Å². The van der Waals surface area contributed by atoms with Crippen LogP contribution in [0.25, 0.3) is 0 Å². The number of carboxylic acid groups (broad SMARTS) is 1. The number of carbonyl (C=O) groups excluding carboxylic acids is 1. The number of rotatable bonds is 6. The first-order chi connectivity index (χ1) is 8.90. The number of benzene rings is 1. The number of amides is 1. The molecule has 1 amide bonds. The molecule has 19 heavy (non-hydrogen) atoms. The molecule has 1 aromatic carbocycles. The average molecular weight is 267 g/mol. The van der Waals surface area contributed by atoms with E-state index < -0.39 is 5.97 Å². The highest BCUT2D eigenvalue weighted by Crippen LogP contribution is 2.14. The van der Waals surface area contributed by atoms with E-state index in [2.05, 4.69) is 5.32 Å². The minimum Gasteiger partial charge on any atom is -0.481 e. The topological polar surface area (TPSA) is 66.4 Å². The summed E-state index contributed by atoms with van der Waals surface area (Å²) in [4.78, 5) is 21.8. The number of aryl methyl sites for hydroxylation is 2. The van der Waals surface area contributed by atoms with Gasteiger partial charge in [-0.2, -0.15) is 0 Å². The summed E-state index contributed by atoms with van der Waals surface area (Å²) in [5.74, 6) is -1.32. The molecule has 5 heteroatoms. The van der Waals surface area contributed by atoms with Crippen molar-refractivity contribution in [1.29, 1.82) is 0 Å². The lowest BCUT2D eigenvalue weighted by Gasteiger charge is -2.08. The summed E-state index contributed by atoms with van der Waals surface area (Å²) in [5.41, 5.74) is 1.94. The Hall–Kier alpha value is -1.91. The van der Waals surface area contributed by atoms with Gasteiger partial charge >= 0.3 is 5.97 Å². The van der Waals surface area contributed by atoms with Crippen LogP contribution in [0.15, 0.2) is 12.1 Å². The molecule has 0 heterocycles. The third-order valence-corrected chi connectivity index (χ3v) is 2.78. The van der Waals surface area contributed by atoms with Crippen molar-refractivity contribution in [3.8, 4) is 0 Å². The van der Waals surface area contributed by atoms with Gasteiger partial charge in [0.2, 0.25) is 5.91 Å². The Morgan fingerprint density at radius 3 is 2.32 bits per heavy atom. The van der Waals surface area contributed by atoms with E-state index in [0.717, 1.165) is 5.56 Å². The lowest BCUT2D eigenvalue weighted by molar-refractivity contribution is -0.137. The van der Waals surface area contributed by atoms with Gasteiger partial charge in [0.1, 0.15) is 5.82 Å². The van der Waals surface area contributed by atoms with Crippen LogP contribution in [0.5, 0.6) is 0 Å². The molecule has 1 aromatic rings. The van der Waals surface area contributed by atoms with Crippen LogP contribution in [0.4, 0.5) is 4.39 Å². The predicted molar refractivity (Wildman–Crippen MR) is 69.2 cm³/mol. The third kappa shape index (κ3) is 5.07. The molecule has 1 rings (SSSR count). The Morgan fingerprint density at radius 2 is 1.79 bits per heavy atom. The first-order valence-corrected chi connectivity index (χ1v) is 6.14. The molecule has 0 aliphatic carbocycles. The summed E-state index contributed by atoms with van der Waals surface area (Å²) in [6.07, 6.45) is 0.496. The van der Waals surface area contributed by atoms with Crippen molar-refractivity contribution in [2.75, 3.05) is 0 Å². The van der Waals surface area contributed by atoms with Crippen LogP contribution < -0.4 is 5.32 Å². The normalized spacial score (nSPS) is 10.3. The lowest BCUT2D eigenvalue weighted by atomic mass is 10.1. The Kier molecular flexibility index (Phi) is 5.48. The summed E-state index contributed by atoms with van der Waals surface area (Å²) >= 11 is 0. The molecule has 0 saturated heterocycles. The molecule has 0 aliphatic heterocycles. The Morgan fingerprint density at radius 1 is 1.21 bits per heavy atom. The van der Waals surface area contributed by atoms with Crippen molar-refractivity contribution < 1.29 is 19.1 Å². The predicted octanol–water partition coefficient (Wildman–Crippen LogP) is 2.31. The van der Waals surface area contributed by atoms with Crippen LogP contribution in [-0.2, 0) is 16.1 Å². The van der Waals surface area contributed by atoms with E-state index in [4.69, 9.17) is 5.11 Å². The maximum Gasteiger partial charge on any atom is 0.303 e. The fourth-order valence-corrected chi connectivity index (χ4v) is 1.83. The van der Waals surface area contributed by atoms with Crippen molar-refractivity contribution in [3.63, 3.8) is 0 Å². The highest BCUT2D eigenvalue weighted by atomic mass is 19.1. The van der Waals surface area contributed by atoms with Crippen LogP contribution in [0.1, 0.15) is 36.0 Å². The summed E-state index contributed by atoms with van der Waals surface area (Å²) < 4.78 is 13.4. The molecule has 104 valence electrons. The maximum atomic E-state index is 13.4. The van der Waals surface area contributed by atoms with Gasteiger partial charge in [0, 0.05) is 19.4 Å². The average Bonchev–Trinajstić information content (AvgIpc) is 2.32. The van der Waals surface area contributed by atoms with Crippen molar-refractivity contribution in [1.82, 2.24) is 5.32 Å². The number of nitrogens with one attached hydrogen (secondary N) is 1. The van der Waals surface area contributed by atoms with Gasteiger partial charge in [-0.1, -0.05) is 12.1 Å². The summed E-state index contributed by atoms with van der Waals surface area (Å²) in [6, 6.07) is 3.39. The summed E-state index contributed by atoms with van der Waals surface area (Å²) in [7, 11) is 0. The van der Waals surface area contributed by atoms with E-state index in [-0.39, 0.29) is 24.6 Å². The van der Waals surface area contributed by atoms with Crippen LogP contribution in [-0.4, -0.2) is 17.0 Å². The highest BCUT2D eigenvalue weighted by molar-refractivity contribution is 5.76. The number of aliphatic carboxylic acids is 1. The van der Waals surface area contributed by atoms with E-state index in [0.29, 0.717) is 24.1 Å². The first kappa shape index (κ1) is 15.1. The second kappa shape index (κ2) is 6.87. The first-order valence-electron chi connectivity index (χ1n) is 6.14.